The molecule has 0 unspecified atom stereocenters. The molecule has 1 aromatic rings. The van der Waals surface area contributed by atoms with Crippen LogP contribution < -0.4 is 9.47 Å². The van der Waals surface area contributed by atoms with Gasteiger partial charge in [-0.1, -0.05) is 12.1 Å². The van der Waals surface area contributed by atoms with Gasteiger partial charge in [-0.05, 0) is 25.0 Å². The van der Waals surface area contributed by atoms with Gasteiger partial charge in [0.05, 0.1) is 20.6 Å². The van der Waals surface area contributed by atoms with E-state index in [-0.39, 0.29) is 5.91 Å². The average molecular weight is 262 g/mol. The second kappa shape index (κ2) is 5.73. The van der Waals surface area contributed by atoms with Crippen molar-refractivity contribution in [2.75, 3.05) is 20.8 Å². The second-order valence-corrected chi connectivity index (χ2v) is 4.43. The highest BCUT2D eigenvalue weighted by Crippen LogP contribution is 2.31. The van der Waals surface area contributed by atoms with Crippen molar-refractivity contribution in [3.05, 3.63) is 23.8 Å². The summed E-state index contributed by atoms with van der Waals surface area (Å²) in [4.78, 5) is 11.6. The van der Waals surface area contributed by atoms with Crippen LogP contribution in [0.3, 0.4) is 0 Å². The van der Waals surface area contributed by atoms with Gasteiger partial charge in [0.25, 0.3) is 0 Å². The summed E-state index contributed by atoms with van der Waals surface area (Å²) in [6.45, 7) is 2.42. The Labute approximate surface area is 112 Å². The Morgan fingerprint density at radius 3 is 2.68 bits per heavy atom. The predicted molar refractivity (Wildman–Crippen MR) is 72.7 cm³/mol. The molecule has 1 heterocycles. The fourth-order valence-corrected chi connectivity index (χ4v) is 2.16. The number of rotatable bonds is 5. The number of amides is 1. The average Bonchev–Trinajstić information content (AvgIpc) is 2.73. The number of nitrogens with zero attached hydrogens (tertiary/aromatic N) is 2. The first-order valence-corrected chi connectivity index (χ1v) is 6.20. The molecule has 0 saturated heterocycles. The van der Waals surface area contributed by atoms with Crippen molar-refractivity contribution in [1.82, 2.24) is 5.01 Å². The van der Waals surface area contributed by atoms with Crippen molar-refractivity contribution < 1.29 is 14.3 Å². The van der Waals surface area contributed by atoms with Crippen LogP contribution in [-0.4, -0.2) is 37.4 Å². The molecule has 5 heteroatoms. The van der Waals surface area contributed by atoms with Crippen LogP contribution in [0, 0.1) is 0 Å². The highest BCUT2D eigenvalue weighted by Gasteiger charge is 2.21. The fourth-order valence-electron chi connectivity index (χ4n) is 2.16. The Balaban J connectivity index is 2.09. The van der Waals surface area contributed by atoms with Crippen molar-refractivity contribution >= 4 is 11.6 Å². The molecule has 0 radical (unpaired) electrons. The molecule has 1 amide bonds. The van der Waals surface area contributed by atoms with Crippen molar-refractivity contribution in [3.8, 4) is 11.5 Å². The smallest absolute Gasteiger partial charge is 0.248 e. The zero-order valence-electron chi connectivity index (χ0n) is 11.5. The van der Waals surface area contributed by atoms with Crippen molar-refractivity contribution in [3.63, 3.8) is 0 Å². The van der Waals surface area contributed by atoms with E-state index >= 15 is 0 Å². The quantitative estimate of drug-likeness (QED) is 0.813. The van der Waals surface area contributed by atoms with Crippen LogP contribution in [0.5, 0.6) is 11.5 Å². The largest absolute Gasteiger partial charge is 0.493 e. The van der Waals surface area contributed by atoms with Gasteiger partial charge < -0.3 is 9.47 Å². The van der Waals surface area contributed by atoms with E-state index in [9.17, 15) is 4.79 Å². The Kier molecular flexibility index (Phi) is 4.04. The molecule has 1 aromatic carbocycles. The standard InChI is InChI=1S/C14H18N2O3/c1-10-9-13(17)16(15-10)8-7-11-5-4-6-12(18-2)14(11)19-3/h4-6H,7-9H2,1-3H3. The molecule has 5 nitrogen and oxygen atoms in total. The van der Waals surface area contributed by atoms with E-state index in [0.717, 1.165) is 17.0 Å². The molecule has 0 spiro atoms. The highest BCUT2D eigenvalue weighted by molar-refractivity contribution is 6.03. The van der Waals surface area contributed by atoms with E-state index < -0.39 is 0 Å². The summed E-state index contributed by atoms with van der Waals surface area (Å²) in [5.74, 6) is 1.48. The zero-order chi connectivity index (χ0) is 13.8. The van der Waals surface area contributed by atoms with Gasteiger partial charge in [0.2, 0.25) is 5.91 Å². The summed E-state index contributed by atoms with van der Waals surface area (Å²) in [5.41, 5.74) is 1.87. The van der Waals surface area contributed by atoms with Gasteiger partial charge in [0.1, 0.15) is 0 Å². The molecule has 1 aliphatic rings. The maximum absolute atomic E-state index is 11.6. The molecule has 0 saturated carbocycles. The summed E-state index contributed by atoms with van der Waals surface area (Å²) in [6.07, 6.45) is 1.11. The number of carbonyl (C=O) groups is 1. The third-order valence-electron chi connectivity index (χ3n) is 3.06. The van der Waals surface area contributed by atoms with Crippen LogP contribution in [0.15, 0.2) is 23.3 Å². The van der Waals surface area contributed by atoms with Gasteiger partial charge in [-0.2, -0.15) is 5.10 Å². The summed E-state index contributed by atoms with van der Waals surface area (Å²) in [5, 5.41) is 5.73. The van der Waals surface area contributed by atoms with E-state index in [1.807, 2.05) is 25.1 Å². The molecule has 0 aliphatic carbocycles. The molecular weight excluding hydrogens is 244 g/mol. The van der Waals surface area contributed by atoms with Crippen LogP contribution in [0.25, 0.3) is 0 Å². The van der Waals surface area contributed by atoms with E-state index in [2.05, 4.69) is 5.10 Å². The normalized spacial score (nSPS) is 14.6. The number of carbonyl (C=O) groups excluding carboxylic acids is 1. The fraction of sp³-hybridized carbons (Fsp3) is 0.429. The Morgan fingerprint density at radius 2 is 2.11 bits per heavy atom. The van der Waals surface area contributed by atoms with Gasteiger partial charge in [0, 0.05) is 12.3 Å². The number of hydrogen-bond acceptors (Lipinski definition) is 4. The first kappa shape index (κ1) is 13.4. The second-order valence-electron chi connectivity index (χ2n) is 4.43. The predicted octanol–water partition coefficient (Wildman–Crippen LogP) is 1.85. The molecule has 0 bridgehead atoms. The lowest BCUT2D eigenvalue weighted by atomic mass is 10.1. The Bertz CT molecular complexity index is 511. The summed E-state index contributed by atoms with van der Waals surface area (Å²) in [6, 6.07) is 5.74. The Morgan fingerprint density at radius 1 is 1.32 bits per heavy atom. The van der Waals surface area contributed by atoms with Gasteiger partial charge in [-0.15, -0.1) is 0 Å². The number of hydrogen-bond donors (Lipinski definition) is 0. The Hall–Kier alpha value is -2.04. The van der Waals surface area contributed by atoms with Crippen LogP contribution in [-0.2, 0) is 11.2 Å². The topological polar surface area (TPSA) is 51.1 Å². The molecule has 0 atom stereocenters. The number of hydrazone groups is 1. The lowest BCUT2D eigenvalue weighted by Crippen LogP contribution is -2.23. The van der Waals surface area contributed by atoms with Crippen LogP contribution in [0.2, 0.25) is 0 Å². The summed E-state index contributed by atoms with van der Waals surface area (Å²) >= 11 is 0. The highest BCUT2D eigenvalue weighted by atomic mass is 16.5. The lowest BCUT2D eigenvalue weighted by molar-refractivity contribution is -0.128. The maximum atomic E-state index is 11.6. The minimum absolute atomic E-state index is 0.0550. The number of methoxy groups -OCH3 is 2. The third-order valence-corrected chi connectivity index (χ3v) is 3.06. The molecule has 0 N–H and O–H groups in total. The third kappa shape index (κ3) is 2.86. The molecule has 1 aliphatic heterocycles. The summed E-state index contributed by atoms with van der Waals surface area (Å²) in [7, 11) is 3.23. The van der Waals surface area contributed by atoms with E-state index in [0.29, 0.717) is 25.1 Å². The minimum Gasteiger partial charge on any atom is -0.493 e. The zero-order valence-corrected chi connectivity index (χ0v) is 11.5. The molecule has 102 valence electrons. The lowest BCUT2D eigenvalue weighted by Gasteiger charge is -2.15. The summed E-state index contributed by atoms with van der Waals surface area (Å²) < 4.78 is 10.6. The first-order chi connectivity index (χ1) is 9.15. The minimum atomic E-state index is 0.0550. The SMILES string of the molecule is COc1cccc(CCN2N=C(C)CC2=O)c1OC. The van der Waals surface area contributed by atoms with E-state index in [4.69, 9.17) is 9.47 Å². The number of ether oxygens (including phenoxy) is 2. The van der Waals surface area contributed by atoms with Gasteiger partial charge in [0.15, 0.2) is 11.5 Å². The molecule has 2 rings (SSSR count). The number of para-hydroxylation sites is 1. The van der Waals surface area contributed by atoms with Crippen molar-refractivity contribution in [2.45, 2.75) is 19.8 Å². The molecule has 0 aromatic heterocycles. The van der Waals surface area contributed by atoms with E-state index in [1.54, 1.807) is 14.2 Å². The number of benzene rings is 1. The maximum Gasteiger partial charge on any atom is 0.248 e. The van der Waals surface area contributed by atoms with Crippen LogP contribution in [0.1, 0.15) is 18.9 Å². The van der Waals surface area contributed by atoms with Crippen molar-refractivity contribution in [1.29, 1.82) is 0 Å². The van der Waals surface area contributed by atoms with E-state index in [1.165, 1.54) is 5.01 Å². The molecule has 19 heavy (non-hydrogen) atoms. The van der Waals surface area contributed by atoms with Crippen LogP contribution in [0.4, 0.5) is 0 Å². The molecular formula is C14H18N2O3. The van der Waals surface area contributed by atoms with Gasteiger partial charge in [-0.3, -0.25) is 4.79 Å². The van der Waals surface area contributed by atoms with Gasteiger partial charge in [-0.25, -0.2) is 5.01 Å². The monoisotopic (exact) mass is 262 g/mol. The molecule has 0 fully saturated rings. The first-order valence-electron chi connectivity index (χ1n) is 6.20. The van der Waals surface area contributed by atoms with Crippen LogP contribution >= 0.6 is 0 Å². The van der Waals surface area contributed by atoms with Gasteiger partial charge >= 0.3 is 0 Å². The van der Waals surface area contributed by atoms with Crippen molar-refractivity contribution in [2.24, 2.45) is 5.10 Å².